The van der Waals surface area contributed by atoms with Crippen LogP contribution >= 0.6 is 11.8 Å². The number of para-hydroxylation sites is 2. The van der Waals surface area contributed by atoms with E-state index in [4.69, 9.17) is 10.7 Å². The second-order valence-electron chi connectivity index (χ2n) is 10.5. The van der Waals surface area contributed by atoms with Crippen LogP contribution < -0.4 is 11.1 Å². The van der Waals surface area contributed by atoms with Crippen LogP contribution in [0.3, 0.4) is 0 Å². The summed E-state index contributed by atoms with van der Waals surface area (Å²) in [6.07, 6.45) is 1.69. The van der Waals surface area contributed by atoms with Crippen molar-refractivity contribution in [3.63, 3.8) is 0 Å². The number of nitrogens with two attached hydrogens (primary N) is 1. The smallest absolute Gasteiger partial charge is 0.248 e. The number of rotatable bonds is 9. The molecule has 0 radical (unpaired) electrons. The number of carbonyl (C=O) groups excluding carboxylic acids is 4. The number of nitrogens with zero attached hydrogens (tertiary/aromatic N) is 4. The Hall–Kier alpha value is -5.55. The fourth-order valence-corrected chi connectivity index (χ4v) is 6.15. The fraction of sp³-hybridized carbons (Fsp3) is 0.118. The first-order valence-corrected chi connectivity index (χ1v) is 15.0. The molecule has 1 aliphatic rings. The lowest BCUT2D eigenvalue weighted by Gasteiger charge is -2.17. The molecule has 45 heavy (non-hydrogen) atoms. The highest BCUT2D eigenvalue weighted by atomic mass is 32.2. The van der Waals surface area contributed by atoms with Crippen LogP contribution in [0, 0.1) is 0 Å². The van der Waals surface area contributed by atoms with Gasteiger partial charge in [0.05, 0.1) is 23.3 Å². The van der Waals surface area contributed by atoms with Crippen LogP contribution in [-0.2, 0) is 16.1 Å². The summed E-state index contributed by atoms with van der Waals surface area (Å²) < 4.78 is 2.00. The number of aliphatic imine (C=N–C) groups is 1. The van der Waals surface area contributed by atoms with Gasteiger partial charge in [-0.15, -0.1) is 0 Å². The van der Waals surface area contributed by atoms with Gasteiger partial charge in [-0.05, 0) is 79.2 Å². The van der Waals surface area contributed by atoms with Crippen LogP contribution in [0.2, 0.25) is 0 Å². The number of hydrogen-bond acceptors (Lipinski definition) is 7. The minimum Gasteiger partial charge on any atom is -0.366 e. The van der Waals surface area contributed by atoms with Crippen molar-refractivity contribution in [3.8, 4) is 5.69 Å². The Bertz CT molecular complexity index is 1970. The van der Waals surface area contributed by atoms with Gasteiger partial charge in [-0.1, -0.05) is 42.1 Å². The van der Waals surface area contributed by atoms with E-state index >= 15 is 0 Å². The zero-order valence-electron chi connectivity index (χ0n) is 24.2. The van der Waals surface area contributed by atoms with Gasteiger partial charge in [0.25, 0.3) is 0 Å². The van der Waals surface area contributed by atoms with Crippen LogP contribution in [0.25, 0.3) is 16.7 Å². The van der Waals surface area contributed by atoms with Crippen molar-refractivity contribution >= 4 is 62.8 Å². The third-order valence-electron chi connectivity index (χ3n) is 7.33. The Kier molecular flexibility index (Phi) is 8.26. The molecule has 10 nitrogen and oxygen atoms in total. The number of benzene rings is 4. The third kappa shape index (κ3) is 6.53. The normalized spacial score (nSPS) is 15.5. The first-order chi connectivity index (χ1) is 21.7. The molecule has 1 atom stereocenters. The van der Waals surface area contributed by atoms with Crippen molar-refractivity contribution in [1.82, 2.24) is 14.5 Å². The number of primary amides is 1. The Morgan fingerprint density at radius 2 is 1.69 bits per heavy atom. The molecule has 11 heteroatoms. The first-order valence-electron chi connectivity index (χ1n) is 14.1. The number of amides is 3. The molecule has 0 spiro atoms. The molecule has 0 aliphatic carbocycles. The molecule has 2 heterocycles. The monoisotopic (exact) mass is 616 g/mol. The molecule has 3 amide bonds. The van der Waals surface area contributed by atoms with Crippen molar-refractivity contribution in [2.24, 2.45) is 10.7 Å². The standard InChI is InChI=1S/C34H28N6O4S/c1-21(41)23-11-13-25(14-12-23)37-31(42)18-30-33(44)39(34(45-30)38-26-6-4-5-24(17-26)32(35)43)19-22-9-15-27(16-10-22)40-20-36-28-7-2-3-8-29(28)40/h2-17,20,30H,18-19H2,1H3,(H2,35,43)(H,37,42). The van der Waals surface area contributed by atoms with Crippen LogP contribution in [0.4, 0.5) is 11.4 Å². The maximum absolute atomic E-state index is 13.7. The minimum absolute atomic E-state index is 0.0704. The molecule has 1 saturated heterocycles. The maximum atomic E-state index is 13.7. The van der Waals surface area contributed by atoms with Crippen molar-refractivity contribution < 1.29 is 19.2 Å². The number of Topliss-reactive ketones (excluding diaryl/α,β-unsaturated/α-hetero) is 1. The van der Waals surface area contributed by atoms with Crippen LogP contribution in [0.1, 0.15) is 39.6 Å². The number of amidine groups is 1. The van der Waals surface area contributed by atoms with Gasteiger partial charge < -0.3 is 11.1 Å². The molecular weight excluding hydrogens is 588 g/mol. The Balaban J connectivity index is 1.23. The molecule has 1 aliphatic heterocycles. The predicted octanol–water partition coefficient (Wildman–Crippen LogP) is 5.49. The SMILES string of the molecule is CC(=O)c1ccc(NC(=O)CC2SC(=Nc3cccc(C(N)=O)c3)N(Cc3ccc(-n4cnc5ccccc54)cc3)C2=O)cc1. The lowest BCUT2D eigenvalue weighted by atomic mass is 10.1. The van der Waals surface area contributed by atoms with Gasteiger partial charge in [0.15, 0.2) is 11.0 Å². The van der Waals surface area contributed by atoms with Crippen molar-refractivity contribution in [1.29, 1.82) is 0 Å². The van der Waals surface area contributed by atoms with Crippen molar-refractivity contribution in [2.45, 2.75) is 25.1 Å². The van der Waals surface area contributed by atoms with Gasteiger partial charge in [0.1, 0.15) is 11.6 Å². The number of nitrogens with one attached hydrogen (secondary N) is 1. The highest BCUT2D eigenvalue weighted by Gasteiger charge is 2.39. The van der Waals surface area contributed by atoms with E-state index in [2.05, 4.69) is 10.3 Å². The number of aromatic nitrogens is 2. The van der Waals surface area contributed by atoms with E-state index in [1.165, 1.54) is 18.7 Å². The highest BCUT2D eigenvalue weighted by Crippen LogP contribution is 2.33. The fourth-order valence-electron chi connectivity index (χ4n) is 4.99. The van der Waals surface area contributed by atoms with Crippen LogP contribution in [0.15, 0.2) is 108 Å². The number of thioether (sulfide) groups is 1. The summed E-state index contributed by atoms with van der Waals surface area (Å²) in [5.74, 6) is -1.25. The number of fused-ring (bicyclic) bond motifs is 1. The van der Waals surface area contributed by atoms with Crippen LogP contribution in [-0.4, -0.2) is 48.4 Å². The first kappa shape index (κ1) is 29.5. The molecule has 224 valence electrons. The second kappa shape index (κ2) is 12.6. The summed E-state index contributed by atoms with van der Waals surface area (Å²) in [7, 11) is 0. The zero-order valence-corrected chi connectivity index (χ0v) is 25.0. The molecule has 4 aromatic carbocycles. The molecule has 1 fully saturated rings. The van der Waals surface area contributed by atoms with Gasteiger partial charge in [0.2, 0.25) is 17.7 Å². The number of hydrogen-bond donors (Lipinski definition) is 2. The molecule has 0 bridgehead atoms. The third-order valence-corrected chi connectivity index (χ3v) is 8.51. The van der Waals surface area contributed by atoms with Gasteiger partial charge in [-0.3, -0.25) is 28.6 Å². The van der Waals surface area contributed by atoms with Crippen molar-refractivity contribution in [2.75, 3.05) is 5.32 Å². The lowest BCUT2D eigenvalue weighted by molar-refractivity contribution is -0.128. The largest absolute Gasteiger partial charge is 0.366 e. The average molecular weight is 617 g/mol. The summed E-state index contributed by atoms with van der Waals surface area (Å²) in [5.41, 5.74) is 11.0. The topological polar surface area (TPSA) is 140 Å². The molecule has 3 N–H and O–H groups in total. The van der Waals surface area contributed by atoms with E-state index in [0.717, 1.165) is 22.3 Å². The summed E-state index contributed by atoms with van der Waals surface area (Å²) in [4.78, 5) is 60.7. The average Bonchev–Trinajstić information content (AvgIpc) is 3.59. The quantitative estimate of drug-likeness (QED) is 0.210. The van der Waals surface area contributed by atoms with Gasteiger partial charge in [0, 0.05) is 28.9 Å². The van der Waals surface area contributed by atoms with E-state index in [0.29, 0.717) is 27.7 Å². The van der Waals surface area contributed by atoms with E-state index in [1.54, 1.807) is 59.8 Å². The molecule has 1 unspecified atom stereocenters. The summed E-state index contributed by atoms with van der Waals surface area (Å²) in [6.45, 7) is 1.71. The summed E-state index contributed by atoms with van der Waals surface area (Å²) in [5, 5.41) is 2.50. The van der Waals surface area contributed by atoms with E-state index in [9.17, 15) is 19.2 Å². The van der Waals surface area contributed by atoms with Crippen molar-refractivity contribution in [3.05, 3.63) is 120 Å². The Morgan fingerprint density at radius 1 is 0.933 bits per heavy atom. The molecule has 6 rings (SSSR count). The lowest BCUT2D eigenvalue weighted by Crippen LogP contribution is -2.33. The maximum Gasteiger partial charge on any atom is 0.248 e. The number of ketones is 1. The Labute approximate surface area is 263 Å². The minimum atomic E-state index is -0.712. The van der Waals surface area contributed by atoms with E-state index in [-0.39, 0.29) is 30.6 Å². The van der Waals surface area contributed by atoms with Gasteiger partial charge in [-0.2, -0.15) is 0 Å². The molecule has 5 aromatic rings. The molecule has 0 saturated carbocycles. The van der Waals surface area contributed by atoms with E-state index in [1.807, 2.05) is 53.1 Å². The summed E-state index contributed by atoms with van der Waals surface area (Å²) >= 11 is 1.20. The number of anilines is 1. The summed E-state index contributed by atoms with van der Waals surface area (Å²) in [6, 6.07) is 28.8. The molecule has 1 aromatic heterocycles. The van der Waals surface area contributed by atoms with Crippen LogP contribution in [0.5, 0.6) is 0 Å². The zero-order chi connectivity index (χ0) is 31.5. The predicted molar refractivity (Wildman–Crippen MR) is 175 cm³/mol. The molecular formula is C34H28N6O4S. The number of imidazole rings is 1. The number of carbonyl (C=O) groups is 4. The Morgan fingerprint density at radius 3 is 2.42 bits per heavy atom. The van der Waals surface area contributed by atoms with Gasteiger partial charge >= 0.3 is 0 Å². The van der Waals surface area contributed by atoms with Gasteiger partial charge in [-0.25, -0.2) is 9.98 Å². The van der Waals surface area contributed by atoms with E-state index < -0.39 is 11.2 Å². The highest BCUT2D eigenvalue weighted by molar-refractivity contribution is 8.15. The second-order valence-corrected chi connectivity index (χ2v) is 11.7.